The van der Waals surface area contributed by atoms with Crippen LogP contribution in [0.3, 0.4) is 0 Å². The van der Waals surface area contributed by atoms with Gasteiger partial charge in [0, 0.05) is 4.83 Å². The zero-order valence-electron chi connectivity index (χ0n) is 8.57. The molecule has 0 radical (unpaired) electrons. The smallest absolute Gasteiger partial charge is 0.0122 e. The van der Waals surface area contributed by atoms with Crippen LogP contribution in [-0.2, 0) is 0 Å². The summed E-state index contributed by atoms with van der Waals surface area (Å²) in [6.07, 6.45) is 6.99. The molecule has 0 bridgehead atoms. The topological polar surface area (TPSA) is 0 Å². The Morgan fingerprint density at radius 1 is 1.50 bits per heavy atom. The Hall–Kier alpha value is 0.220. The van der Waals surface area contributed by atoms with Crippen LogP contribution in [-0.4, -0.2) is 4.83 Å². The van der Waals surface area contributed by atoms with Gasteiger partial charge < -0.3 is 0 Å². The molecule has 0 aromatic carbocycles. The summed E-state index contributed by atoms with van der Waals surface area (Å²) < 4.78 is 0. The second kappa shape index (κ2) is 5.80. The standard InChI is InChI=1S/C11H21Br/c1-5-6-7-8-11(3,4)9-10(2)12/h5,10H,1,6-9H2,2-4H3. The number of rotatable bonds is 6. The van der Waals surface area contributed by atoms with Crippen molar-refractivity contribution in [2.24, 2.45) is 5.41 Å². The lowest BCUT2D eigenvalue weighted by atomic mass is 9.83. The van der Waals surface area contributed by atoms with Crippen LogP contribution in [0.5, 0.6) is 0 Å². The maximum Gasteiger partial charge on any atom is 0.0122 e. The molecule has 0 amide bonds. The maximum atomic E-state index is 3.73. The maximum absolute atomic E-state index is 3.73. The summed E-state index contributed by atoms with van der Waals surface area (Å²) in [5.74, 6) is 0. The minimum atomic E-state index is 0.478. The van der Waals surface area contributed by atoms with Crippen molar-refractivity contribution in [2.45, 2.75) is 51.3 Å². The average Bonchev–Trinajstić information content (AvgIpc) is 1.84. The molecule has 0 fully saturated rings. The van der Waals surface area contributed by atoms with Crippen LogP contribution in [0, 0.1) is 5.41 Å². The van der Waals surface area contributed by atoms with E-state index in [-0.39, 0.29) is 0 Å². The highest BCUT2D eigenvalue weighted by Gasteiger charge is 2.18. The van der Waals surface area contributed by atoms with Crippen LogP contribution in [0.25, 0.3) is 0 Å². The van der Waals surface area contributed by atoms with Crippen molar-refractivity contribution >= 4 is 15.9 Å². The van der Waals surface area contributed by atoms with Gasteiger partial charge in [-0.1, -0.05) is 42.8 Å². The van der Waals surface area contributed by atoms with Crippen LogP contribution in [0.15, 0.2) is 12.7 Å². The second-order valence-electron chi connectivity index (χ2n) is 4.33. The lowest BCUT2D eigenvalue weighted by Crippen LogP contribution is -2.15. The van der Waals surface area contributed by atoms with E-state index in [1.807, 2.05) is 6.08 Å². The predicted octanol–water partition coefficient (Wildman–Crippen LogP) is 4.54. The molecule has 1 unspecified atom stereocenters. The van der Waals surface area contributed by atoms with E-state index in [1.165, 1.54) is 19.3 Å². The first kappa shape index (κ1) is 12.2. The van der Waals surface area contributed by atoms with Gasteiger partial charge >= 0.3 is 0 Å². The Morgan fingerprint density at radius 3 is 2.50 bits per heavy atom. The highest BCUT2D eigenvalue weighted by Crippen LogP contribution is 2.30. The molecule has 0 spiro atoms. The van der Waals surface area contributed by atoms with Crippen molar-refractivity contribution < 1.29 is 0 Å². The summed E-state index contributed by atoms with van der Waals surface area (Å²) in [4.78, 5) is 0.635. The molecule has 0 rings (SSSR count). The third-order valence-corrected chi connectivity index (χ3v) is 2.42. The molecule has 0 aromatic rings. The van der Waals surface area contributed by atoms with Crippen molar-refractivity contribution in [1.82, 2.24) is 0 Å². The van der Waals surface area contributed by atoms with Crippen LogP contribution in [0.2, 0.25) is 0 Å². The monoisotopic (exact) mass is 232 g/mol. The fourth-order valence-corrected chi connectivity index (χ4v) is 2.46. The Balaban J connectivity index is 3.62. The highest BCUT2D eigenvalue weighted by atomic mass is 79.9. The quantitative estimate of drug-likeness (QED) is 0.359. The van der Waals surface area contributed by atoms with E-state index in [4.69, 9.17) is 0 Å². The first-order valence-electron chi connectivity index (χ1n) is 4.73. The van der Waals surface area contributed by atoms with Gasteiger partial charge in [0.05, 0.1) is 0 Å². The van der Waals surface area contributed by atoms with E-state index in [0.29, 0.717) is 10.2 Å². The van der Waals surface area contributed by atoms with E-state index in [2.05, 4.69) is 43.3 Å². The van der Waals surface area contributed by atoms with Crippen molar-refractivity contribution in [1.29, 1.82) is 0 Å². The molecule has 1 heteroatoms. The Morgan fingerprint density at radius 2 is 2.08 bits per heavy atom. The van der Waals surface area contributed by atoms with Gasteiger partial charge in [-0.25, -0.2) is 0 Å². The van der Waals surface area contributed by atoms with Crippen molar-refractivity contribution in [3.63, 3.8) is 0 Å². The summed E-state index contributed by atoms with van der Waals surface area (Å²) in [7, 11) is 0. The molecule has 0 aliphatic carbocycles. The minimum Gasteiger partial charge on any atom is -0.103 e. The van der Waals surface area contributed by atoms with Crippen molar-refractivity contribution in [3.8, 4) is 0 Å². The van der Waals surface area contributed by atoms with Gasteiger partial charge in [-0.05, 0) is 31.1 Å². The second-order valence-corrected chi connectivity index (χ2v) is 5.89. The molecule has 0 saturated heterocycles. The van der Waals surface area contributed by atoms with Gasteiger partial charge in [0.2, 0.25) is 0 Å². The van der Waals surface area contributed by atoms with Gasteiger partial charge in [0.15, 0.2) is 0 Å². The van der Waals surface area contributed by atoms with Gasteiger partial charge in [-0.2, -0.15) is 0 Å². The van der Waals surface area contributed by atoms with Gasteiger partial charge in [-0.15, -0.1) is 6.58 Å². The lowest BCUT2D eigenvalue weighted by Gasteiger charge is -2.25. The van der Waals surface area contributed by atoms with E-state index in [9.17, 15) is 0 Å². The largest absolute Gasteiger partial charge is 0.103 e. The molecule has 0 nitrogen and oxygen atoms in total. The number of hydrogen-bond acceptors (Lipinski definition) is 0. The zero-order chi connectivity index (χ0) is 9.61. The van der Waals surface area contributed by atoms with Crippen LogP contribution < -0.4 is 0 Å². The van der Waals surface area contributed by atoms with Crippen LogP contribution in [0.1, 0.15) is 46.5 Å². The first-order valence-corrected chi connectivity index (χ1v) is 5.64. The highest BCUT2D eigenvalue weighted by molar-refractivity contribution is 9.09. The van der Waals surface area contributed by atoms with Gasteiger partial charge in [0.1, 0.15) is 0 Å². The third-order valence-electron chi connectivity index (χ3n) is 2.10. The Labute approximate surface area is 85.6 Å². The summed E-state index contributed by atoms with van der Waals surface area (Å²) >= 11 is 3.60. The molecule has 0 aliphatic rings. The average molecular weight is 233 g/mol. The van der Waals surface area contributed by atoms with E-state index in [1.54, 1.807) is 0 Å². The number of allylic oxidation sites excluding steroid dienone is 1. The number of hydrogen-bond donors (Lipinski definition) is 0. The fourth-order valence-electron chi connectivity index (χ4n) is 1.59. The van der Waals surface area contributed by atoms with E-state index >= 15 is 0 Å². The molecule has 0 aliphatic heterocycles. The fraction of sp³-hybridized carbons (Fsp3) is 0.818. The van der Waals surface area contributed by atoms with E-state index < -0.39 is 0 Å². The molecule has 12 heavy (non-hydrogen) atoms. The third kappa shape index (κ3) is 6.90. The normalized spacial score (nSPS) is 14.3. The Kier molecular flexibility index (Phi) is 5.90. The van der Waals surface area contributed by atoms with Gasteiger partial charge in [0.25, 0.3) is 0 Å². The number of alkyl halides is 1. The summed E-state index contributed by atoms with van der Waals surface area (Å²) in [6.45, 7) is 10.6. The van der Waals surface area contributed by atoms with Gasteiger partial charge in [-0.3, -0.25) is 0 Å². The molecule has 0 saturated carbocycles. The number of halogens is 1. The Bertz CT molecular complexity index is 125. The molecule has 1 atom stereocenters. The molecule has 72 valence electrons. The first-order chi connectivity index (χ1) is 5.48. The molecule has 0 aromatic heterocycles. The summed E-state index contributed by atoms with van der Waals surface area (Å²) in [5.41, 5.74) is 0.478. The number of unbranched alkanes of at least 4 members (excludes halogenated alkanes) is 1. The lowest BCUT2D eigenvalue weighted by molar-refractivity contribution is 0.302. The minimum absolute atomic E-state index is 0.478. The van der Waals surface area contributed by atoms with Crippen LogP contribution in [0.4, 0.5) is 0 Å². The van der Waals surface area contributed by atoms with Crippen molar-refractivity contribution in [2.75, 3.05) is 0 Å². The molecular formula is C11H21Br. The molecular weight excluding hydrogens is 212 g/mol. The SMILES string of the molecule is C=CCCCC(C)(C)CC(C)Br. The molecule has 0 heterocycles. The molecule has 0 N–H and O–H groups in total. The summed E-state index contributed by atoms with van der Waals surface area (Å²) in [5, 5.41) is 0. The van der Waals surface area contributed by atoms with Crippen molar-refractivity contribution in [3.05, 3.63) is 12.7 Å². The zero-order valence-corrected chi connectivity index (χ0v) is 10.2. The van der Waals surface area contributed by atoms with E-state index in [0.717, 1.165) is 6.42 Å². The summed E-state index contributed by atoms with van der Waals surface area (Å²) in [6, 6.07) is 0. The predicted molar refractivity (Wildman–Crippen MR) is 60.8 cm³/mol. The van der Waals surface area contributed by atoms with Crippen LogP contribution >= 0.6 is 15.9 Å².